The molecule has 17 heavy (non-hydrogen) atoms. The van der Waals surface area contributed by atoms with Crippen LogP contribution in [0.15, 0.2) is 17.5 Å². The van der Waals surface area contributed by atoms with Crippen molar-refractivity contribution in [3.05, 3.63) is 28.1 Å². The maximum Gasteiger partial charge on any atom is 0.326 e. The van der Waals surface area contributed by atoms with Gasteiger partial charge in [-0.3, -0.25) is 10.6 Å². The largest absolute Gasteiger partial charge is 0.326 e. The van der Waals surface area contributed by atoms with Gasteiger partial charge in [0.1, 0.15) is 0 Å². The second-order valence-corrected chi connectivity index (χ2v) is 5.83. The topological polar surface area (TPSA) is 54.0 Å². The molecule has 0 fully saturated rings. The number of anilines is 2. The zero-order valence-electron chi connectivity index (χ0n) is 9.03. The normalized spacial score (nSPS) is 13.4. The molecule has 3 rings (SSSR count). The van der Waals surface area contributed by atoms with Crippen molar-refractivity contribution in [3.63, 3.8) is 0 Å². The van der Waals surface area contributed by atoms with Crippen molar-refractivity contribution >= 4 is 38.8 Å². The van der Waals surface area contributed by atoms with E-state index in [1.165, 1.54) is 22.6 Å². The molecule has 0 saturated carbocycles. The third-order valence-corrected chi connectivity index (χ3v) is 4.43. The lowest BCUT2D eigenvalue weighted by Gasteiger charge is -2.02. The zero-order chi connectivity index (χ0) is 11.7. The third-order valence-electron chi connectivity index (χ3n) is 2.57. The Bertz CT molecular complexity index is 511. The number of aryl methyl sites for hydroxylation is 2. The lowest BCUT2D eigenvalue weighted by atomic mass is 10.4. The van der Waals surface area contributed by atoms with Gasteiger partial charge in [0.2, 0.25) is 0 Å². The van der Waals surface area contributed by atoms with Gasteiger partial charge in [0, 0.05) is 4.88 Å². The summed E-state index contributed by atoms with van der Waals surface area (Å²) >= 11 is 3.08. The number of nitrogens with zero attached hydrogens (tertiary/aromatic N) is 1. The molecule has 0 bridgehead atoms. The minimum atomic E-state index is -0.222. The van der Waals surface area contributed by atoms with Gasteiger partial charge in [0.05, 0.1) is 10.7 Å². The predicted molar refractivity (Wildman–Crippen MR) is 71.1 cm³/mol. The van der Waals surface area contributed by atoms with Gasteiger partial charge < -0.3 is 0 Å². The van der Waals surface area contributed by atoms with Crippen LogP contribution in [0, 0.1) is 0 Å². The Kier molecular flexibility index (Phi) is 2.82. The maximum atomic E-state index is 11.7. The SMILES string of the molecule is O=C(Nc1cccs1)Nc1nc2c(s1)CCC2. The van der Waals surface area contributed by atoms with Crippen LogP contribution < -0.4 is 10.6 Å². The minimum absolute atomic E-state index is 0.222. The molecule has 0 atom stereocenters. The van der Waals surface area contributed by atoms with Crippen LogP contribution in [0.3, 0.4) is 0 Å². The first-order chi connectivity index (χ1) is 8.31. The number of thiophene rings is 1. The first-order valence-electron chi connectivity index (χ1n) is 5.41. The van der Waals surface area contributed by atoms with Crippen molar-refractivity contribution in [2.45, 2.75) is 19.3 Å². The molecule has 1 aliphatic rings. The number of fused-ring (bicyclic) bond motifs is 1. The summed E-state index contributed by atoms with van der Waals surface area (Å²) in [6.45, 7) is 0. The summed E-state index contributed by atoms with van der Waals surface area (Å²) in [6.07, 6.45) is 3.33. The molecule has 0 unspecified atom stereocenters. The highest BCUT2D eigenvalue weighted by atomic mass is 32.1. The highest BCUT2D eigenvalue weighted by molar-refractivity contribution is 7.16. The number of thiazole rings is 1. The molecular formula is C11H11N3OS2. The van der Waals surface area contributed by atoms with Gasteiger partial charge in [0.25, 0.3) is 0 Å². The Morgan fingerprint density at radius 2 is 2.29 bits per heavy atom. The van der Waals surface area contributed by atoms with E-state index >= 15 is 0 Å². The molecule has 0 aliphatic heterocycles. The standard InChI is InChI=1S/C11H11N3OS2/c15-10(13-9-5-2-6-16-9)14-11-12-7-3-1-4-8(7)17-11/h2,5-6H,1,3-4H2,(H2,12,13,14,15). The monoisotopic (exact) mass is 265 g/mol. The van der Waals surface area contributed by atoms with E-state index in [4.69, 9.17) is 0 Å². The van der Waals surface area contributed by atoms with E-state index in [0.717, 1.165) is 23.5 Å². The van der Waals surface area contributed by atoms with E-state index in [2.05, 4.69) is 15.6 Å². The molecule has 1 aliphatic carbocycles. The molecule has 2 N–H and O–H groups in total. The average Bonchev–Trinajstić information content (AvgIpc) is 2.92. The smallest absolute Gasteiger partial charge is 0.299 e. The molecule has 0 radical (unpaired) electrons. The number of hydrogen-bond acceptors (Lipinski definition) is 4. The second-order valence-electron chi connectivity index (χ2n) is 3.80. The lowest BCUT2D eigenvalue weighted by molar-refractivity contribution is 0.262. The van der Waals surface area contributed by atoms with Gasteiger partial charge in [-0.2, -0.15) is 0 Å². The number of carbonyl (C=O) groups excluding carboxylic acids is 1. The van der Waals surface area contributed by atoms with Crippen LogP contribution >= 0.6 is 22.7 Å². The summed E-state index contributed by atoms with van der Waals surface area (Å²) in [5.41, 5.74) is 1.15. The summed E-state index contributed by atoms with van der Waals surface area (Å²) in [5.74, 6) is 0. The molecule has 0 spiro atoms. The van der Waals surface area contributed by atoms with Crippen LogP contribution in [0.2, 0.25) is 0 Å². The number of nitrogens with one attached hydrogen (secondary N) is 2. The van der Waals surface area contributed by atoms with Crippen molar-refractivity contribution in [2.75, 3.05) is 10.6 Å². The summed E-state index contributed by atoms with van der Waals surface area (Å²) in [5, 5.41) is 9.01. The van der Waals surface area contributed by atoms with Crippen molar-refractivity contribution in [3.8, 4) is 0 Å². The molecule has 2 amide bonds. The van der Waals surface area contributed by atoms with E-state index in [-0.39, 0.29) is 6.03 Å². The first kappa shape index (κ1) is 10.7. The number of aromatic nitrogens is 1. The molecular weight excluding hydrogens is 254 g/mol. The first-order valence-corrected chi connectivity index (χ1v) is 7.11. The van der Waals surface area contributed by atoms with E-state index < -0.39 is 0 Å². The molecule has 4 nitrogen and oxygen atoms in total. The van der Waals surface area contributed by atoms with Gasteiger partial charge in [-0.1, -0.05) is 0 Å². The highest BCUT2D eigenvalue weighted by Crippen LogP contribution is 2.30. The lowest BCUT2D eigenvalue weighted by Crippen LogP contribution is -2.18. The Hall–Kier alpha value is -1.40. The van der Waals surface area contributed by atoms with Gasteiger partial charge in [-0.25, -0.2) is 9.78 Å². The number of amides is 2. The molecule has 6 heteroatoms. The highest BCUT2D eigenvalue weighted by Gasteiger charge is 2.17. The molecule has 2 heterocycles. The third kappa shape index (κ3) is 2.32. The van der Waals surface area contributed by atoms with Crippen LogP contribution in [-0.2, 0) is 12.8 Å². The molecule has 0 aromatic carbocycles. The molecule has 2 aromatic rings. The van der Waals surface area contributed by atoms with E-state index in [1.807, 2.05) is 17.5 Å². The quantitative estimate of drug-likeness (QED) is 0.875. The van der Waals surface area contributed by atoms with Gasteiger partial charge >= 0.3 is 6.03 Å². The van der Waals surface area contributed by atoms with E-state index in [9.17, 15) is 4.79 Å². The Balaban J connectivity index is 1.64. The fourth-order valence-corrected chi connectivity index (χ4v) is 3.49. The zero-order valence-corrected chi connectivity index (χ0v) is 10.7. The van der Waals surface area contributed by atoms with Crippen LogP contribution in [0.25, 0.3) is 0 Å². The van der Waals surface area contributed by atoms with Crippen molar-refractivity contribution in [1.29, 1.82) is 0 Å². The number of hydrogen-bond donors (Lipinski definition) is 2. The van der Waals surface area contributed by atoms with Crippen molar-refractivity contribution in [1.82, 2.24) is 4.98 Å². The Morgan fingerprint density at radius 1 is 1.35 bits per heavy atom. The average molecular weight is 265 g/mol. The van der Waals surface area contributed by atoms with Gasteiger partial charge in [-0.05, 0) is 36.8 Å². The Labute approximate surface area is 107 Å². The summed E-state index contributed by atoms with van der Waals surface area (Å²) in [4.78, 5) is 17.4. The van der Waals surface area contributed by atoms with E-state index in [0.29, 0.717) is 5.13 Å². The fraction of sp³-hybridized carbons (Fsp3) is 0.273. The second kappa shape index (κ2) is 4.46. The van der Waals surface area contributed by atoms with Crippen LogP contribution in [-0.4, -0.2) is 11.0 Å². The number of carbonyl (C=O) groups is 1. The Morgan fingerprint density at radius 3 is 3.06 bits per heavy atom. The van der Waals surface area contributed by atoms with Crippen LogP contribution in [0.4, 0.5) is 14.9 Å². The number of urea groups is 1. The number of rotatable bonds is 2. The van der Waals surface area contributed by atoms with Crippen molar-refractivity contribution in [2.24, 2.45) is 0 Å². The van der Waals surface area contributed by atoms with Gasteiger partial charge in [-0.15, -0.1) is 22.7 Å². The fourth-order valence-electron chi connectivity index (χ4n) is 1.83. The molecule has 88 valence electrons. The maximum absolute atomic E-state index is 11.7. The van der Waals surface area contributed by atoms with E-state index in [1.54, 1.807) is 11.3 Å². The van der Waals surface area contributed by atoms with Crippen LogP contribution in [0.5, 0.6) is 0 Å². The predicted octanol–water partition coefficient (Wildman–Crippen LogP) is 3.34. The minimum Gasteiger partial charge on any atom is -0.299 e. The van der Waals surface area contributed by atoms with Crippen molar-refractivity contribution < 1.29 is 4.79 Å². The summed E-state index contributed by atoms with van der Waals surface area (Å²) in [6, 6.07) is 3.55. The van der Waals surface area contributed by atoms with Gasteiger partial charge in [0.15, 0.2) is 5.13 Å². The van der Waals surface area contributed by atoms with Crippen LogP contribution in [0.1, 0.15) is 17.0 Å². The molecule has 2 aromatic heterocycles. The summed E-state index contributed by atoms with van der Waals surface area (Å²) in [7, 11) is 0. The molecule has 0 saturated heterocycles. The summed E-state index contributed by atoms with van der Waals surface area (Å²) < 4.78 is 0.